The number of halogens is 2. The number of aryl methyl sites for hydroxylation is 2. The van der Waals surface area contributed by atoms with Crippen LogP contribution in [0.5, 0.6) is 0 Å². The largest absolute Gasteiger partial charge is 0.378 e. The fourth-order valence-corrected chi connectivity index (χ4v) is 1.96. The topological polar surface area (TPSA) is 29.9 Å². The van der Waals surface area contributed by atoms with Crippen molar-refractivity contribution in [3.05, 3.63) is 46.5 Å². The number of hydrogen-bond donors (Lipinski definition) is 1. The number of nitrogens with one attached hydrogen (secondary N) is 1. The second kappa shape index (κ2) is 5.40. The van der Waals surface area contributed by atoms with Crippen molar-refractivity contribution in [1.29, 1.82) is 0 Å². The molecule has 0 saturated carbocycles. The molecule has 0 aliphatic carbocycles. The summed E-state index contributed by atoms with van der Waals surface area (Å²) in [5.41, 5.74) is 2.51. The lowest BCUT2D eigenvalue weighted by Gasteiger charge is -2.07. The van der Waals surface area contributed by atoms with Gasteiger partial charge in [0.1, 0.15) is 5.82 Å². The molecule has 0 unspecified atom stereocenters. The molecule has 1 heterocycles. The normalized spacial score (nSPS) is 10.7. The van der Waals surface area contributed by atoms with E-state index in [0.717, 1.165) is 17.8 Å². The standard InChI is InChI=1S/C13H15ClFN3/c1-3-12-13(8-18(2)17-12)16-7-9-4-5-10(14)6-11(9)15/h4-6,8,16H,3,7H2,1-2H3. The van der Waals surface area contributed by atoms with E-state index in [2.05, 4.69) is 10.4 Å². The molecule has 2 aromatic rings. The highest BCUT2D eigenvalue weighted by molar-refractivity contribution is 6.30. The molecule has 18 heavy (non-hydrogen) atoms. The van der Waals surface area contributed by atoms with Gasteiger partial charge in [0, 0.05) is 30.4 Å². The van der Waals surface area contributed by atoms with Gasteiger partial charge in [-0.2, -0.15) is 5.10 Å². The molecule has 0 spiro atoms. The van der Waals surface area contributed by atoms with E-state index in [4.69, 9.17) is 11.6 Å². The van der Waals surface area contributed by atoms with Crippen LogP contribution in [0.25, 0.3) is 0 Å². The van der Waals surface area contributed by atoms with E-state index >= 15 is 0 Å². The first-order valence-corrected chi connectivity index (χ1v) is 6.18. The summed E-state index contributed by atoms with van der Waals surface area (Å²) in [5, 5.41) is 7.92. The van der Waals surface area contributed by atoms with E-state index < -0.39 is 0 Å². The highest BCUT2D eigenvalue weighted by Crippen LogP contribution is 2.18. The second-order valence-electron chi connectivity index (χ2n) is 4.11. The Kier molecular flexibility index (Phi) is 3.87. The Labute approximate surface area is 111 Å². The van der Waals surface area contributed by atoms with Crippen LogP contribution in [0.2, 0.25) is 5.02 Å². The van der Waals surface area contributed by atoms with E-state index in [-0.39, 0.29) is 5.82 Å². The van der Waals surface area contributed by atoms with E-state index in [1.165, 1.54) is 6.07 Å². The van der Waals surface area contributed by atoms with Gasteiger partial charge in [-0.15, -0.1) is 0 Å². The molecule has 0 fully saturated rings. The maximum atomic E-state index is 13.6. The van der Waals surface area contributed by atoms with Gasteiger partial charge in [0.25, 0.3) is 0 Å². The summed E-state index contributed by atoms with van der Waals surface area (Å²) in [4.78, 5) is 0. The Morgan fingerprint density at radius 3 is 2.89 bits per heavy atom. The first-order valence-electron chi connectivity index (χ1n) is 5.80. The van der Waals surface area contributed by atoms with E-state index in [0.29, 0.717) is 17.1 Å². The maximum absolute atomic E-state index is 13.6. The number of benzene rings is 1. The zero-order chi connectivity index (χ0) is 13.1. The minimum Gasteiger partial charge on any atom is -0.378 e. The van der Waals surface area contributed by atoms with Gasteiger partial charge in [0.15, 0.2) is 0 Å². The van der Waals surface area contributed by atoms with Gasteiger partial charge in [-0.3, -0.25) is 4.68 Å². The maximum Gasteiger partial charge on any atom is 0.129 e. The van der Waals surface area contributed by atoms with Gasteiger partial charge in [-0.05, 0) is 18.6 Å². The smallest absolute Gasteiger partial charge is 0.129 e. The van der Waals surface area contributed by atoms with Gasteiger partial charge < -0.3 is 5.32 Å². The Morgan fingerprint density at radius 2 is 2.22 bits per heavy atom. The van der Waals surface area contributed by atoms with Crippen LogP contribution in [0, 0.1) is 5.82 Å². The Balaban J connectivity index is 2.11. The summed E-state index contributed by atoms with van der Waals surface area (Å²) < 4.78 is 15.3. The van der Waals surface area contributed by atoms with Crippen LogP contribution in [-0.2, 0) is 20.0 Å². The van der Waals surface area contributed by atoms with Crippen molar-refractivity contribution < 1.29 is 4.39 Å². The average molecular weight is 268 g/mol. The van der Waals surface area contributed by atoms with Crippen molar-refractivity contribution in [3.8, 4) is 0 Å². The minimum atomic E-state index is -0.295. The number of aromatic nitrogens is 2. The molecule has 1 aromatic heterocycles. The lowest BCUT2D eigenvalue weighted by molar-refractivity contribution is 0.613. The van der Waals surface area contributed by atoms with E-state index in [9.17, 15) is 4.39 Å². The van der Waals surface area contributed by atoms with Crippen LogP contribution in [0.3, 0.4) is 0 Å². The molecule has 96 valence electrons. The molecule has 1 N–H and O–H groups in total. The molecule has 0 bridgehead atoms. The van der Waals surface area contributed by atoms with Crippen molar-refractivity contribution in [1.82, 2.24) is 9.78 Å². The zero-order valence-corrected chi connectivity index (χ0v) is 11.1. The molecule has 0 amide bonds. The molecule has 0 radical (unpaired) electrons. The summed E-state index contributed by atoms with van der Waals surface area (Å²) in [6.45, 7) is 2.46. The fraction of sp³-hybridized carbons (Fsp3) is 0.308. The third-order valence-electron chi connectivity index (χ3n) is 2.72. The van der Waals surface area contributed by atoms with Crippen LogP contribution in [-0.4, -0.2) is 9.78 Å². The van der Waals surface area contributed by atoms with Crippen molar-refractivity contribution in [2.75, 3.05) is 5.32 Å². The van der Waals surface area contributed by atoms with Crippen molar-refractivity contribution in [2.24, 2.45) is 7.05 Å². The summed E-state index contributed by atoms with van der Waals surface area (Å²) in [7, 11) is 1.87. The molecule has 5 heteroatoms. The minimum absolute atomic E-state index is 0.295. The van der Waals surface area contributed by atoms with Crippen molar-refractivity contribution >= 4 is 17.3 Å². The highest BCUT2D eigenvalue weighted by atomic mass is 35.5. The van der Waals surface area contributed by atoms with Crippen molar-refractivity contribution in [3.63, 3.8) is 0 Å². The average Bonchev–Trinajstić information content (AvgIpc) is 2.68. The fourth-order valence-electron chi connectivity index (χ4n) is 1.80. The molecule has 0 atom stereocenters. The number of nitrogens with zero attached hydrogens (tertiary/aromatic N) is 2. The third-order valence-corrected chi connectivity index (χ3v) is 2.96. The van der Waals surface area contributed by atoms with Crippen LogP contribution in [0.1, 0.15) is 18.2 Å². The number of rotatable bonds is 4. The summed E-state index contributed by atoms with van der Waals surface area (Å²) in [6, 6.07) is 4.70. The van der Waals surface area contributed by atoms with Gasteiger partial charge >= 0.3 is 0 Å². The van der Waals surface area contributed by atoms with Crippen LogP contribution >= 0.6 is 11.6 Å². The monoisotopic (exact) mass is 267 g/mol. The Morgan fingerprint density at radius 1 is 1.44 bits per heavy atom. The van der Waals surface area contributed by atoms with Crippen LogP contribution in [0.15, 0.2) is 24.4 Å². The molecular weight excluding hydrogens is 253 g/mol. The quantitative estimate of drug-likeness (QED) is 0.920. The van der Waals surface area contributed by atoms with Gasteiger partial charge in [-0.1, -0.05) is 24.6 Å². The SMILES string of the molecule is CCc1nn(C)cc1NCc1ccc(Cl)cc1F. The molecule has 0 aliphatic rings. The molecule has 0 saturated heterocycles. The molecule has 0 aliphatic heterocycles. The predicted molar refractivity (Wildman–Crippen MR) is 71.3 cm³/mol. The second-order valence-corrected chi connectivity index (χ2v) is 4.54. The van der Waals surface area contributed by atoms with Crippen LogP contribution in [0.4, 0.5) is 10.1 Å². The highest BCUT2D eigenvalue weighted by Gasteiger charge is 2.07. The summed E-state index contributed by atoms with van der Waals surface area (Å²) in [6.07, 6.45) is 2.74. The predicted octanol–water partition coefficient (Wildman–Crippen LogP) is 3.39. The zero-order valence-electron chi connectivity index (χ0n) is 10.4. The first-order chi connectivity index (χ1) is 8.60. The van der Waals surface area contributed by atoms with Crippen molar-refractivity contribution in [2.45, 2.75) is 19.9 Å². The molecule has 1 aromatic carbocycles. The Hall–Kier alpha value is -1.55. The first kappa shape index (κ1) is 12.9. The molecule has 3 nitrogen and oxygen atoms in total. The summed E-state index contributed by atoms with van der Waals surface area (Å²) >= 11 is 5.71. The van der Waals surface area contributed by atoms with Crippen LogP contribution < -0.4 is 5.32 Å². The summed E-state index contributed by atoms with van der Waals surface area (Å²) in [5.74, 6) is -0.295. The number of anilines is 1. The lowest BCUT2D eigenvalue weighted by atomic mass is 10.2. The Bertz CT molecular complexity index is 551. The van der Waals surface area contributed by atoms with E-state index in [1.807, 2.05) is 20.2 Å². The van der Waals surface area contributed by atoms with E-state index in [1.54, 1.807) is 16.8 Å². The van der Waals surface area contributed by atoms with Gasteiger partial charge in [-0.25, -0.2) is 4.39 Å². The third kappa shape index (κ3) is 2.82. The van der Waals surface area contributed by atoms with Gasteiger partial charge in [0.2, 0.25) is 0 Å². The molecule has 2 rings (SSSR count). The van der Waals surface area contributed by atoms with Gasteiger partial charge in [0.05, 0.1) is 11.4 Å². The molecular formula is C13H15ClFN3. The lowest BCUT2D eigenvalue weighted by Crippen LogP contribution is -2.02. The number of hydrogen-bond acceptors (Lipinski definition) is 2.